The Balaban J connectivity index is 1.76. The molecule has 0 radical (unpaired) electrons. The smallest absolute Gasteiger partial charge is 0.263 e. The second-order valence-electron chi connectivity index (χ2n) is 6.41. The molecule has 2 atom stereocenters. The van der Waals surface area contributed by atoms with E-state index in [1.807, 2.05) is 41.4 Å². The minimum Gasteiger partial charge on any atom is -0.342 e. The Morgan fingerprint density at radius 1 is 1.52 bits per heavy atom. The maximum Gasteiger partial charge on any atom is 0.263 e. The highest BCUT2D eigenvalue weighted by atomic mass is 32.1. The summed E-state index contributed by atoms with van der Waals surface area (Å²) in [7, 11) is 3.82. The van der Waals surface area contributed by atoms with Crippen LogP contribution in [-0.2, 0) is 4.79 Å². The molecule has 1 aromatic heterocycles. The largest absolute Gasteiger partial charge is 0.342 e. The minimum atomic E-state index is 0.101. The van der Waals surface area contributed by atoms with E-state index in [0.29, 0.717) is 12.5 Å². The number of amides is 2. The second-order valence-corrected chi connectivity index (χ2v) is 7.36. The average molecular weight is 306 g/mol. The maximum atomic E-state index is 12.5. The Hall–Kier alpha value is -1.36. The Bertz CT molecular complexity index is 542. The fourth-order valence-corrected chi connectivity index (χ4v) is 4.84. The average Bonchev–Trinajstić information content (AvgIpc) is 3.12. The van der Waals surface area contributed by atoms with Crippen LogP contribution in [0.1, 0.15) is 41.8 Å². The fourth-order valence-electron chi connectivity index (χ4n) is 4.12. The van der Waals surface area contributed by atoms with E-state index >= 15 is 0 Å². The van der Waals surface area contributed by atoms with Crippen LogP contribution in [0.3, 0.4) is 0 Å². The number of carbonyl (C=O) groups excluding carboxylic acids is 2. The molecule has 114 valence electrons. The third-order valence-corrected chi connectivity index (χ3v) is 6.05. The number of nitrogens with zero attached hydrogens (tertiary/aromatic N) is 2. The minimum absolute atomic E-state index is 0.101. The molecule has 1 aliphatic heterocycles. The number of hydrogen-bond donors (Lipinski definition) is 0. The van der Waals surface area contributed by atoms with Gasteiger partial charge in [0.15, 0.2) is 0 Å². The lowest BCUT2D eigenvalue weighted by Crippen LogP contribution is -2.54. The summed E-state index contributed by atoms with van der Waals surface area (Å²) in [5, 5.41) is 1.94. The van der Waals surface area contributed by atoms with Crippen molar-refractivity contribution in [3.63, 3.8) is 0 Å². The van der Waals surface area contributed by atoms with Crippen molar-refractivity contribution in [2.75, 3.05) is 20.6 Å². The molecule has 1 saturated heterocycles. The normalized spacial score (nSPS) is 28.6. The van der Waals surface area contributed by atoms with Gasteiger partial charge in [-0.2, -0.15) is 0 Å². The molecule has 0 spiro atoms. The highest BCUT2D eigenvalue weighted by Gasteiger charge is 2.49. The number of hydrogen-bond acceptors (Lipinski definition) is 3. The Morgan fingerprint density at radius 2 is 2.33 bits per heavy atom. The molecular weight excluding hydrogens is 284 g/mol. The van der Waals surface area contributed by atoms with E-state index in [1.54, 1.807) is 0 Å². The van der Waals surface area contributed by atoms with Gasteiger partial charge in [-0.3, -0.25) is 9.59 Å². The van der Waals surface area contributed by atoms with E-state index in [4.69, 9.17) is 0 Å². The van der Waals surface area contributed by atoms with Gasteiger partial charge < -0.3 is 9.80 Å². The van der Waals surface area contributed by atoms with Crippen molar-refractivity contribution < 1.29 is 9.59 Å². The fraction of sp³-hybridized carbons (Fsp3) is 0.625. The molecule has 5 heteroatoms. The quantitative estimate of drug-likeness (QED) is 0.861. The van der Waals surface area contributed by atoms with Gasteiger partial charge >= 0.3 is 0 Å². The van der Waals surface area contributed by atoms with Crippen LogP contribution in [0, 0.1) is 5.41 Å². The van der Waals surface area contributed by atoms with Crippen molar-refractivity contribution in [1.29, 1.82) is 0 Å². The zero-order valence-corrected chi connectivity index (χ0v) is 13.5. The monoisotopic (exact) mass is 306 g/mol. The molecule has 21 heavy (non-hydrogen) atoms. The van der Waals surface area contributed by atoms with Crippen LogP contribution in [0.2, 0.25) is 0 Å². The first kappa shape index (κ1) is 14.6. The molecule has 2 fully saturated rings. The van der Waals surface area contributed by atoms with E-state index in [9.17, 15) is 9.59 Å². The SMILES string of the molecule is CN(C[C@@]12CCC[C@H]1N(C)C(=O)CC2)C(=O)c1cccs1. The molecule has 1 aliphatic carbocycles. The first-order valence-electron chi connectivity index (χ1n) is 7.58. The van der Waals surface area contributed by atoms with Gasteiger partial charge in [-0.15, -0.1) is 11.3 Å². The van der Waals surface area contributed by atoms with Crippen molar-refractivity contribution in [2.45, 2.75) is 38.1 Å². The van der Waals surface area contributed by atoms with Crippen molar-refractivity contribution in [1.82, 2.24) is 9.80 Å². The summed E-state index contributed by atoms with van der Waals surface area (Å²) in [4.78, 5) is 29.0. The van der Waals surface area contributed by atoms with E-state index in [0.717, 1.165) is 37.1 Å². The van der Waals surface area contributed by atoms with E-state index < -0.39 is 0 Å². The van der Waals surface area contributed by atoms with Crippen LogP contribution < -0.4 is 0 Å². The summed E-state index contributed by atoms with van der Waals surface area (Å²) < 4.78 is 0. The third-order valence-electron chi connectivity index (χ3n) is 5.19. The van der Waals surface area contributed by atoms with Gasteiger partial charge in [-0.25, -0.2) is 0 Å². The lowest BCUT2D eigenvalue weighted by Gasteiger charge is -2.46. The summed E-state index contributed by atoms with van der Waals surface area (Å²) >= 11 is 1.49. The van der Waals surface area contributed by atoms with Crippen molar-refractivity contribution in [3.05, 3.63) is 22.4 Å². The van der Waals surface area contributed by atoms with Crippen LogP contribution in [0.25, 0.3) is 0 Å². The van der Waals surface area contributed by atoms with Crippen molar-refractivity contribution in [2.24, 2.45) is 5.41 Å². The number of likely N-dealkylation sites (tertiary alicyclic amines) is 1. The van der Waals surface area contributed by atoms with Crippen molar-refractivity contribution in [3.8, 4) is 0 Å². The topological polar surface area (TPSA) is 40.6 Å². The Morgan fingerprint density at radius 3 is 3.05 bits per heavy atom. The lowest BCUT2D eigenvalue weighted by atomic mass is 9.74. The Labute approximate surface area is 129 Å². The number of carbonyl (C=O) groups is 2. The third kappa shape index (κ3) is 2.48. The molecule has 0 bridgehead atoms. The molecule has 2 heterocycles. The van der Waals surface area contributed by atoms with Gasteiger partial charge in [-0.1, -0.05) is 12.5 Å². The van der Waals surface area contributed by atoms with Crippen LogP contribution in [0.5, 0.6) is 0 Å². The van der Waals surface area contributed by atoms with E-state index in [-0.39, 0.29) is 17.2 Å². The van der Waals surface area contributed by atoms with Crippen LogP contribution in [0.15, 0.2) is 17.5 Å². The molecule has 4 nitrogen and oxygen atoms in total. The highest BCUT2D eigenvalue weighted by molar-refractivity contribution is 7.12. The number of thiophene rings is 1. The van der Waals surface area contributed by atoms with Crippen molar-refractivity contribution >= 4 is 23.2 Å². The van der Waals surface area contributed by atoms with Crippen LogP contribution in [0.4, 0.5) is 0 Å². The van der Waals surface area contributed by atoms with Gasteiger partial charge in [0.2, 0.25) is 5.91 Å². The first-order valence-corrected chi connectivity index (χ1v) is 8.46. The van der Waals surface area contributed by atoms with Gasteiger partial charge in [0.05, 0.1) is 4.88 Å². The van der Waals surface area contributed by atoms with Gasteiger partial charge in [0, 0.05) is 38.5 Å². The molecule has 0 aromatic carbocycles. The summed E-state index contributed by atoms with van der Waals surface area (Å²) in [6.45, 7) is 0.756. The Kier molecular flexibility index (Phi) is 3.78. The summed E-state index contributed by atoms with van der Waals surface area (Å²) in [5.41, 5.74) is 0.102. The number of rotatable bonds is 3. The summed E-state index contributed by atoms with van der Waals surface area (Å²) in [6.07, 6.45) is 4.89. The molecule has 2 amide bonds. The molecule has 0 unspecified atom stereocenters. The van der Waals surface area contributed by atoms with Gasteiger partial charge in [-0.05, 0) is 30.7 Å². The zero-order chi connectivity index (χ0) is 15.0. The zero-order valence-electron chi connectivity index (χ0n) is 12.7. The van der Waals surface area contributed by atoms with E-state index in [2.05, 4.69) is 0 Å². The molecule has 3 rings (SSSR count). The molecule has 1 saturated carbocycles. The standard InChI is InChI=1S/C16H22N2O2S/c1-17(15(20)12-5-4-10-21-12)11-16-8-3-6-13(16)18(2)14(19)7-9-16/h4-5,10,13H,3,6-9,11H2,1-2H3/t13-,16+/m1/s1. The van der Waals surface area contributed by atoms with Gasteiger partial charge in [0.1, 0.15) is 0 Å². The summed E-state index contributed by atoms with van der Waals surface area (Å²) in [6, 6.07) is 4.09. The molecule has 1 aromatic rings. The predicted molar refractivity (Wildman–Crippen MR) is 83.4 cm³/mol. The van der Waals surface area contributed by atoms with Crippen LogP contribution >= 0.6 is 11.3 Å². The molecular formula is C16H22N2O2S. The lowest BCUT2D eigenvalue weighted by molar-refractivity contribution is -0.140. The maximum absolute atomic E-state index is 12.5. The highest BCUT2D eigenvalue weighted by Crippen LogP contribution is 2.48. The number of fused-ring (bicyclic) bond motifs is 1. The number of piperidine rings is 1. The molecule has 0 N–H and O–H groups in total. The van der Waals surface area contributed by atoms with E-state index in [1.165, 1.54) is 11.3 Å². The second kappa shape index (κ2) is 5.44. The summed E-state index contributed by atoms with van der Waals surface area (Å²) in [5.74, 6) is 0.356. The van der Waals surface area contributed by atoms with Crippen LogP contribution in [-0.4, -0.2) is 48.3 Å². The predicted octanol–water partition coefficient (Wildman–Crippen LogP) is 2.61. The molecule has 2 aliphatic rings. The van der Waals surface area contributed by atoms with Gasteiger partial charge in [0.25, 0.3) is 5.91 Å². The first-order chi connectivity index (χ1) is 10.0.